The SMILES string of the molecule is CN=Nc1ccc(N=Nc2ccc(N=Nc3ccccc3)cc2)cc1. The van der Waals surface area contributed by atoms with Gasteiger partial charge in [-0.25, -0.2) is 0 Å². The predicted octanol–water partition coefficient (Wildman–Crippen LogP) is 7.23. The summed E-state index contributed by atoms with van der Waals surface area (Å²) in [4.78, 5) is 0. The Balaban J connectivity index is 1.65. The number of rotatable bonds is 5. The molecule has 3 aromatic rings. The highest BCUT2D eigenvalue weighted by molar-refractivity contribution is 5.49. The summed E-state index contributed by atoms with van der Waals surface area (Å²) in [6.07, 6.45) is 0. The molecular formula is C19H16N6. The molecule has 0 aliphatic carbocycles. The molecule has 0 aromatic heterocycles. The van der Waals surface area contributed by atoms with Crippen LogP contribution in [-0.2, 0) is 0 Å². The number of nitrogens with zero attached hydrogens (tertiary/aromatic N) is 6. The zero-order valence-corrected chi connectivity index (χ0v) is 13.7. The van der Waals surface area contributed by atoms with Gasteiger partial charge in [0.15, 0.2) is 0 Å². The van der Waals surface area contributed by atoms with Gasteiger partial charge in [-0.05, 0) is 60.7 Å². The van der Waals surface area contributed by atoms with E-state index < -0.39 is 0 Å². The van der Waals surface area contributed by atoms with Gasteiger partial charge < -0.3 is 0 Å². The van der Waals surface area contributed by atoms with Crippen LogP contribution in [0.3, 0.4) is 0 Å². The van der Waals surface area contributed by atoms with Crippen molar-refractivity contribution in [2.45, 2.75) is 0 Å². The molecule has 122 valence electrons. The second-order valence-electron chi connectivity index (χ2n) is 5.07. The van der Waals surface area contributed by atoms with Crippen molar-refractivity contribution in [3.05, 3.63) is 78.9 Å². The zero-order chi connectivity index (χ0) is 17.3. The summed E-state index contributed by atoms with van der Waals surface area (Å²) in [5.74, 6) is 0. The Morgan fingerprint density at radius 1 is 0.400 bits per heavy atom. The highest BCUT2D eigenvalue weighted by Gasteiger charge is 1.94. The van der Waals surface area contributed by atoms with Crippen LogP contribution in [0.5, 0.6) is 0 Å². The van der Waals surface area contributed by atoms with Crippen LogP contribution in [0.1, 0.15) is 0 Å². The molecule has 0 aliphatic heterocycles. The summed E-state index contributed by atoms with van der Waals surface area (Å²) in [6, 6.07) is 24.4. The lowest BCUT2D eigenvalue weighted by molar-refractivity contribution is 1.16. The molecular weight excluding hydrogens is 312 g/mol. The average Bonchev–Trinajstić information content (AvgIpc) is 2.68. The molecule has 6 nitrogen and oxygen atoms in total. The van der Waals surface area contributed by atoms with Crippen LogP contribution in [0.2, 0.25) is 0 Å². The molecule has 0 fully saturated rings. The van der Waals surface area contributed by atoms with Crippen molar-refractivity contribution in [3.63, 3.8) is 0 Å². The van der Waals surface area contributed by atoms with Gasteiger partial charge in [0.05, 0.1) is 28.4 Å². The minimum absolute atomic E-state index is 0.746. The molecule has 0 unspecified atom stereocenters. The van der Waals surface area contributed by atoms with E-state index in [1.54, 1.807) is 7.05 Å². The molecule has 0 saturated heterocycles. The van der Waals surface area contributed by atoms with E-state index in [4.69, 9.17) is 0 Å². The van der Waals surface area contributed by atoms with Gasteiger partial charge in [0.1, 0.15) is 0 Å². The van der Waals surface area contributed by atoms with Crippen molar-refractivity contribution >= 4 is 28.4 Å². The lowest BCUT2D eigenvalue weighted by Crippen LogP contribution is -1.67. The summed E-state index contributed by atoms with van der Waals surface area (Å²) < 4.78 is 0. The van der Waals surface area contributed by atoms with Crippen LogP contribution < -0.4 is 0 Å². The number of hydrogen-bond acceptors (Lipinski definition) is 6. The van der Waals surface area contributed by atoms with E-state index in [0.29, 0.717) is 0 Å². The van der Waals surface area contributed by atoms with Crippen molar-refractivity contribution < 1.29 is 0 Å². The summed E-state index contributed by atoms with van der Waals surface area (Å²) in [7, 11) is 1.64. The first-order chi connectivity index (χ1) is 12.3. The van der Waals surface area contributed by atoms with Gasteiger partial charge in [-0.15, -0.1) is 0 Å². The second-order valence-corrected chi connectivity index (χ2v) is 5.07. The predicted molar refractivity (Wildman–Crippen MR) is 98.1 cm³/mol. The van der Waals surface area contributed by atoms with E-state index in [9.17, 15) is 0 Å². The van der Waals surface area contributed by atoms with Crippen molar-refractivity contribution in [2.24, 2.45) is 30.7 Å². The van der Waals surface area contributed by atoms with E-state index in [2.05, 4.69) is 30.7 Å². The van der Waals surface area contributed by atoms with Gasteiger partial charge in [0, 0.05) is 7.05 Å². The van der Waals surface area contributed by atoms with E-state index in [-0.39, 0.29) is 0 Å². The van der Waals surface area contributed by atoms with Crippen LogP contribution in [-0.4, -0.2) is 7.05 Å². The Labute approximate surface area is 145 Å². The molecule has 0 atom stereocenters. The largest absolute Gasteiger partial charge is 0.192 e. The first kappa shape index (κ1) is 16.3. The highest BCUT2D eigenvalue weighted by Crippen LogP contribution is 2.24. The third-order valence-corrected chi connectivity index (χ3v) is 3.23. The van der Waals surface area contributed by atoms with Crippen molar-refractivity contribution in [3.8, 4) is 0 Å². The maximum Gasteiger partial charge on any atom is 0.0858 e. The summed E-state index contributed by atoms with van der Waals surface area (Å²) in [6.45, 7) is 0. The van der Waals surface area contributed by atoms with Crippen LogP contribution in [0, 0.1) is 0 Å². The van der Waals surface area contributed by atoms with Gasteiger partial charge in [0.2, 0.25) is 0 Å². The molecule has 0 saturated carbocycles. The molecule has 0 radical (unpaired) electrons. The standard InChI is InChI=1S/C19H16N6/c1-20-21-16-7-9-17(10-8-16)24-25-19-13-11-18(12-14-19)23-22-15-5-3-2-4-6-15/h2-14H,1H3. The molecule has 6 heteroatoms. The van der Waals surface area contributed by atoms with E-state index in [0.717, 1.165) is 28.4 Å². The lowest BCUT2D eigenvalue weighted by atomic mass is 10.3. The number of benzene rings is 3. The maximum atomic E-state index is 4.21. The Bertz CT molecular complexity index is 881. The normalized spacial score (nSPS) is 11.7. The smallest absolute Gasteiger partial charge is 0.0858 e. The van der Waals surface area contributed by atoms with Crippen LogP contribution >= 0.6 is 0 Å². The molecule has 0 heterocycles. The minimum atomic E-state index is 0.746. The van der Waals surface area contributed by atoms with Crippen LogP contribution in [0.15, 0.2) is 110 Å². The number of azo groups is 3. The molecule has 0 spiro atoms. The quantitative estimate of drug-likeness (QED) is 0.443. The van der Waals surface area contributed by atoms with E-state index >= 15 is 0 Å². The third kappa shape index (κ3) is 4.97. The maximum absolute atomic E-state index is 4.21. The Kier molecular flexibility index (Phi) is 5.45. The van der Waals surface area contributed by atoms with Gasteiger partial charge >= 0.3 is 0 Å². The van der Waals surface area contributed by atoms with Gasteiger partial charge in [-0.3, -0.25) is 0 Å². The van der Waals surface area contributed by atoms with Gasteiger partial charge in [0.25, 0.3) is 0 Å². The molecule has 0 bridgehead atoms. The highest BCUT2D eigenvalue weighted by atomic mass is 15.1. The zero-order valence-electron chi connectivity index (χ0n) is 13.7. The fraction of sp³-hybridized carbons (Fsp3) is 0.0526. The molecule has 0 aliphatic rings. The summed E-state index contributed by atoms with van der Waals surface area (Å²) >= 11 is 0. The van der Waals surface area contributed by atoms with Crippen molar-refractivity contribution in [2.75, 3.05) is 7.05 Å². The van der Waals surface area contributed by atoms with Crippen LogP contribution in [0.4, 0.5) is 28.4 Å². The summed E-state index contributed by atoms with van der Waals surface area (Å²) in [5.41, 5.74) is 3.86. The van der Waals surface area contributed by atoms with Crippen LogP contribution in [0.25, 0.3) is 0 Å². The first-order valence-corrected chi connectivity index (χ1v) is 7.72. The molecule has 3 aromatic carbocycles. The molecule has 3 rings (SSSR count). The Morgan fingerprint density at radius 2 is 0.720 bits per heavy atom. The molecule has 0 N–H and O–H groups in total. The van der Waals surface area contributed by atoms with Crippen molar-refractivity contribution in [1.29, 1.82) is 0 Å². The third-order valence-electron chi connectivity index (χ3n) is 3.23. The molecule has 0 amide bonds. The molecule has 25 heavy (non-hydrogen) atoms. The average molecular weight is 328 g/mol. The topological polar surface area (TPSA) is 74.2 Å². The fourth-order valence-electron chi connectivity index (χ4n) is 2.01. The number of hydrogen-bond donors (Lipinski definition) is 0. The van der Waals surface area contributed by atoms with Gasteiger partial charge in [-0.2, -0.15) is 30.7 Å². The Morgan fingerprint density at radius 3 is 1.08 bits per heavy atom. The van der Waals surface area contributed by atoms with Gasteiger partial charge in [-0.1, -0.05) is 18.2 Å². The second kappa shape index (κ2) is 8.35. The minimum Gasteiger partial charge on any atom is -0.192 e. The monoisotopic (exact) mass is 328 g/mol. The van der Waals surface area contributed by atoms with E-state index in [1.165, 1.54) is 0 Å². The van der Waals surface area contributed by atoms with E-state index in [1.807, 2.05) is 78.9 Å². The summed E-state index contributed by atoms with van der Waals surface area (Å²) in [5, 5.41) is 24.5. The lowest BCUT2D eigenvalue weighted by Gasteiger charge is -1.96. The Hall–Kier alpha value is -3.54. The fourth-order valence-corrected chi connectivity index (χ4v) is 2.01. The van der Waals surface area contributed by atoms with Crippen molar-refractivity contribution in [1.82, 2.24) is 0 Å². The first-order valence-electron chi connectivity index (χ1n) is 7.72.